The Morgan fingerprint density at radius 1 is 1.27 bits per heavy atom. The average Bonchev–Trinajstić information content (AvgIpc) is 3.10. The maximum absolute atomic E-state index is 5.99. The number of halogens is 1. The predicted octanol–water partition coefficient (Wildman–Crippen LogP) is 2.30. The molecule has 1 saturated carbocycles. The Morgan fingerprint density at radius 2 is 2.12 bits per heavy atom. The molecule has 0 aromatic heterocycles. The van der Waals surface area contributed by atoms with Crippen molar-refractivity contribution in [2.24, 2.45) is 5.92 Å². The van der Waals surface area contributed by atoms with Gasteiger partial charge in [0, 0.05) is 37.3 Å². The van der Waals surface area contributed by atoms with Gasteiger partial charge in [-0.15, -0.1) is 12.4 Å². The standard InChI is InChI=1S/C20H33N3O2.ClH/c1-23(2)11-13-25-20-9-4-3-6-16(20)14-22-18-8-5-7-17(18)19-15-24-12-10-21-19;/h3-4,6,9,17-19,21-22H,5,7-8,10-15H2,1-2H3;1H. The van der Waals surface area contributed by atoms with Gasteiger partial charge in [-0.2, -0.15) is 0 Å². The number of likely N-dealkylation sites (N-methyl/N-ethyl adjacent to an activating group) is 1. The summed E-state index contributed by atoms with van der Waals surface area (Å²) in [5.41, 5.74) is 1.25. The van der Waals surface area contributed by atoms with Crippen molar-refractivity contribution < 1.29 is 9.47 Å². The Balaban J connectivity index is 0.00000243. The molecule has 1 aromatic carbocycles. The Labute approximate surface area is 164 Å². The van der Waals surface area contributed by atoms with E-state index in [0.717, 1.165) is 45.2 Å². The molecular formula is C20H34ClN3O2. The Morgan fingerprint density at radius 3 is 2.88 bits per heavy atom. The van der Waals surface area contributed by atoms with Crippen LogP contribution >= 0.6 is 12.4 Å². The van der Waals surface area contributed by atoms with Gasteiger partial charge in [0.25, 0.3) is 0 Å². The van der Waals surface area contributed by atoms with Gasteiger partial charge in [0.05, 0.1) is 13.2 Å². The molecule has 148 valence electrons. The van der Waals surface area contributed by atoms with Gasteiger partial charge in [-0.05, 0) is 38.9 Å². The molecule has 3 rings (SSSR count). The molecule has 2 fully saturated rings. The molecule has 0 spiro atoms. The van der Waals surface area contributed by atoms with Gasteiger partial charge >= 0.3 is 0 Å². The van der Waals surface area contributed by atoms with Crippen molar-refractivity contribution in [3.8, 4) is 5.75 Å². The Bertz CT molecular complexity index is 524. The van der Waals surface area contributed by atoms with E-state index in [2.05, 4.69) is 53.9 Å². The minimum atomic E-state index is 0. The number of rotatable bonds is 8. The lowest BCUT2D eigenvalue weighted by Gasteiger charge is -2.33. The van der Waals surface area contributed by atoms with Crippen molar-refractivity contribution in [1.29, 1.82) is 0 Å². The van der Waals surface area contributed by atoms with Crippen LogP contribution in [0.3, 0.4) is 0 Å². The molecule has 3 atom stereocenters. The Kier molecular flexibility index (Phi) is 9.16. The summed E-state index contributed by atoms with van der Waals surface area (Å²) < 4.78 is 11.7. The zero-order valence-corrected chi connectivity index (χ0v) is 16.9. The zero-order valence-electron chi connectivity index (χ0n) is 16.1. The summed E-state index contributed by atoms with van der Waals surface area (Å²) in [5, 5.41) is 7.44. The third kappa shape index (κ3) is 6.10. The second-order valence-electron chi connectivity index (χ2n) is 7.48. The summed E-state index contributed by atoms with van der Waals surface area (Å²) in [5.74, 6) is 1.67. The maximum atomic E-state index is 5.99. The smallest absolute Gasteiger partial charge is 0.123 e. The molecule has 1 aromatic rings. The number of ether oxygens (including phenoxy) is 2. The Hall–Kier alpha value is -0.850. The van der Waals surface area contributed by atoms with Crippen LogP contribution in [0, 0.1) is 5.92 Å². The fourth-order valence-electron chi connectivity index (χ4n) is 3.95. The van der Waals surface area contributed by atoms with Crippen LogP contribution in [-0.2, 0) is 11.3 Å². The summed E-state index contributed by atoms with van der Waals surface area (Å²) >= 11 is 0. The molecule has 2 N–H and O–H groups in total. The fraction of sp³-hybridized carbons (Fsp3) is 0.700. The summed E-state index contributed by atoms with van der Waals surface area (Å²) in [6, 6.07) is 9.46. The van der Waals surface area contributed by atoms with Crippen LogP contribution in [0.4, 0.5) is 0 Å². The highest BCUT2D eigenvalue weighted by atomic mass is 35.5. The van der Waals surface area contributed by atoms with E-state index in [1.807, 2.05) is 0 Å². The van der Waals surface area contributed by atoms with E-state index >= 15 is 0 Å². The van der Waals surface area contributed by atoms with Gasteiger partial charge in [-0.25, -0.2) is 0 Å². The van der Waals surface area contributed by atoms with Crippen molar-refractivity contribution in [2.45, 2.75) is 37.9 Å². The van der Waals surface area contributed by atoms with Crippen LogP contribution in [-0.4, -0.2) is 64.0 Å². The monoisotopic (exact) mass is 383 g/mol. The molecule has 2 aliphatic rings. The van der Waals surface area contributed by atoms with E-state index in [4.69, 9.17) is 9.47 Å². The number of para-hydroxylation sites is 1. The van der Waals surface area contributed by atoms with E-state index < -0.39 is 0 Å². The summed E-state index contributed by atoms with van der Waals surface area (Å²) in [7, 11) is 4.14. The number of hydrogen-bond donors (Lipinski definition) is 2. The molecule has 26 heavy (non-hydrogen) atoms. The van der Waals surface area contributed by atoms with Gasteiger partial charge in [-0.3, -0.25) is 0 Å². The van der Waals surface area contributed by atoms with Crippen LogP contribution < -0.4 is 15.4 Å². The lowest BCUT2D eigenvalue weighted by atomic mass is 9.94. The largest absolute Gasteiger partial charge is 0.492 e. The molecule has 1 aliphatic carbocycles. The minimum absolute atomic E-state index is 0. The van der Waals surface area contributed by atoms with Crippen molar-refractivity contribution in [2.75, 3.05) is 47.0 Å². The molecule has 5 nitrogen and oxygen atoms in total. The first-order valence-electron chi connectivity index (χ1n) is 9.64. The number of nitrogens with zero attached hydrogens (tertiary/aromatic N) is 1. The number of morpholine rings is 1. The van der Waals surface area contributed by atoms with Crippen LogP contribution in [0.5, 0.6) is 5.75 Å². The molecule has 0 amide bonds. The van der Waals surface area contributed by atoms with Crippen LogP contribution in [0.25, 0.3) is 0 Å². The van der Waals surface area contributed by atoms with Gasteiger partial charge in [0.1, 0.15) is 12.4 Å². The highest BCUT2D eigenvalue weighted by Crippen LogP contribution is 2.30. The number of nitrogens with one attached hydrogen (secondary N) is 2. The van der Waals surface area contributed by atoms with E-state index in [9.17, 15) is 0 Å². The molecule has 0 bridgehead atoms. The molecule has 1 heterocycles. The van der Waals surface area contributed by atoms with Crippen molar-refractivity contribution >= 4 is 12.4 Å². The molecule has 1 aliphatic heterocycles. The van der Waals surface area contributed by atoms with Crippen molar-refractivity contribution in [3.63, 3.8) is 0 Å². The van der Waals surface area contributed by atoms with Crippen molar-refractivity contribution in [1.82, 2.24) is 15.5 Å². The third-order valence-electron chi connectivity index (χ3n) is 5.36. The SMILES string of the molecule is CN(C)CCOc1ccccc1CNC1CCCC1C1COCCN1.Cl. The van der Waals surface area contributed by atoms with Crippen LogP contribution in [0.1, 0.15) is 24.8 Å². The van der Waals surface area contributed by atoms with Gasteiger partial charge in [0.15, 0.2) is 0 Å². The van der Waals surface area contributed by atoms with Crippen molar-refractivity contribution in [3.05, 3.63) is 29.8 Å². The predicted molar refractivity (Wildman–Crippen MR) is 108 cm³/mol. The lowest BCUT2D eigenvalue weighted by Crippen LogP contribution is -2.50. The van der Waals surface area contributed by atoms with Gasteiger partial charge < -0.3 is 25.0 Å². The fourth-order valence-corrected chi connectivity index (χ4v) is 3.95. The van der Waals surface area contributed by atoms with E-state index in [-0.39, 0.29) is 12.4 Å². The highest BCUT2D eigenvalue weighted by molar-refractivity contribution is 5.85. The second-order valence-corrected chi connectivity index (χ2v) is 7.48. The first-order chi connectivity index (χ1) is 12.2. The summed E-state index contributed by atoms with van der Waals surface area (Å²) in [6.07, 6.45) is 3.85. The molecule has 6 heteroatoms. The quantitative estimate of drug-likeness (QED) is 0.721. The van der Waals surface area contributed by atoms with Gasteiger partial charge in [0.2, 0.25) is 0 Å². The highest BCUT2D eigenvalue weighted by Gasteiger charge is 2.34. The average molecular weight is 384 g/mol. The molecular weight excluding hydrogens is 350 g/mol. The number of benzene rings is 1. The second kappa shape index (κ2) is 11.1. The zero-order chi connectivity index (χ0) is 17.5. The van der Waals surface area contributed by atoms with Crippen LogP contribution in [0.2, 0.25) is 0 Å². The minimum Gasteiger partial charge on any atom is -0.492 e. The van der Waals surface area contributed by atoms with E-state index in [1.54, 1.807) is 0 Å². The number of hydrogen-bond acceptors (Lipinski definition) is 5. The van der Waals surface area contributed by atoms with Gasteiger partial charge in [-0.1, -0.05) is 24.6 Å². The lowest BCUT2D eigenvalue weighted by molar-refractivity contribution is 0.0524. The maximum Gasteiger partial charge on any atom is 0.123 e. The molecule has 3 unspecified atom stereocenters. The van der Waals surface area contributed by atoms with E-state index in [0.29, 0.717) is 18.0 Å². The normalized spacial score (nSPS) is 25.9. The first kappa shape index (κ1) is 21.5. The third-order valence-corrected chi connectivity index (χ3v) is 5.36. The topological polar surface area (TPSA) is 45.8 Å². The molecule has 0 radical (unpaired) electrons. The summed E-state index contributed by atoms with van der Waals surface area (Å²) in [4.78, 5) is 2.14. The first-order valence-corrected chi connectivity index (χ1v) is 9.64. The van der Waals surface area contributed by atoms with E-state index in [1.165, 1.54) is 24.8 Å². The summed E-state index contributed by atoms with van der Waals surface area (Å²) in [6.45, 7) is 5.20. The molecule has 1 saturated heterocycles. The van der Waals surface area contributed by atoms with Crippen LogP contribution in [0.15, 0.2) is 24.3 Å².